The Morgan fingerprint density at radius 1 is 1.36 bits per heavy atom. The van der Waals surface area contributed by atoms with E-state index in [0.29, 0.717) is 32.8 Å². The van der Waals surface area contributed by atoms with Crippen LogP contribution in [0.3, 0.4) is 0 Å². The van der Waals surface area contributed by atoms with Gasteiger partial charge in [-0.15, -0.1) is 0 Å². The van der Waals surface area contributed by atoms with E-state index < -0.39 is 0 Å². The van der Waals surface area contributed by atoms with Crippen molar-refractivity contribution in [1.82, 2.24) is 15.1 Å². The van der Waals surface area contributed by atoms with Crippen LogP contribution in [0.15, 0.2) is 30.3 Å². The zero-order chi connectivity index (χ0) is 17.5. The molecule has 0 aliphatic carbocycles. The summed E-state index contributed by atoms with van der Waals surface area (Å²) in [5.41, 5.74) is 0. The molecule has 1 aromatic carbocycles. The normalized spacial score (nSPS) is 19.8. The fourth-order valence-electron chi connectivity index (χ4n) is 3.07. The SMILES string of the molecule is O=C(CN1CCNC1=O)N(CCOc1ccccc1)CC1CCCO1. The maximum atomic E-state index is 12.7. The van der Waals surface area contributed by atoms with E-state index in [1.807, 2.05) is 30.3 Å². The van der Waals surface area contributed by atoms with Gasteiger partial charge in [0.05, 0.1) is 12.6 Å². The lowest BCUT2D eigenvalue weighted by atomic mass is 10.2. The van der Waals surface area contributed by atoms with E-state index in [2.05, 4.69) is 5.32 Å². The van der Waals surface area contributed by atoms with E-state index in [4.69, 9.17) is 9.47 Å². The summed E-state index contributed by atoms with van der Waals surface area (Å²) in [4.78, 5) is 27.6. The number of carbonyl (C=O) groups is 2. The highest BCUT2D eigenvalue weighted by Crippen LogP contribution is 2.14. The van der Waals surface area contributed by atoms with Gasteiger partial charge in [0, 0.05) is 26.2 Å². The second-order valence-corrected chi connectivity index (χ2v) is 6.29. The molecule has 2 fully saturated rings. The highest BCUT2D eigenvalue weighted by Gasteiger charge is 2.27. The lowest BCUT2D eigenvalue weighted by Crippen LogP contribution is -2.45. The molecule has 7 nitrogen and oxygen atoms in total. The molecule has 7 heteroatoms. The molecule has 0 aromatic heterocycles. The number of nitrogens with zero attached hydrogens (tertiary/aromatic N) is 2. The predicted molar refractivity (Wildman–Crippen MR) is 92.5 cm³/mol. The quantitative estimate of drug-likeness (QED) is 0.764. The zero-order valence-corrected chi connectivity index (χ0v) is 14.4. The molecule has 2 heterocycles. The van der Waals surface area contributed by atoms with Crippen LogP contribution in [0, 0.1) is 0 Å². The molecule has 2 aliphatic rings. The number of benzene rings is 1. The smallest absolute Gasteiger partial charge is 0.317 e. The second kappa shape index (κ2) is 8.71. The van der Waals surface area contributed by atoms with Gasteiger partial charge in [-0.05, 0) is 25.0 Å². The Labute approximate surface area is 147 Å². The van der Waals surface area contributed by atoms with Crippen molar-refractivity contribution in [3.05, 3.63) is 30.3 Å². The molecule has 2 saturated heterocycles. The number of hydrogen-bond donors (Lipinski definition) is 1. The largest absolute Gasteiger partial charge is 0.492 e. The number of hydrogen-bond acceptors (Lipinski definition) is 4. The molecule has 0 bridgehead atoms. The molecule has 1 N–H and O–H groups in total. The average Bonchev–Trinajstić information content (AvgIpc) is 3.27. The summed E-state index contributed by atoms with van der Waals surface area (Å²) in [5, 5.41) is 2.72. The Balaban J connectivity index is 1.53. The molecule has 1 atom stereocenters. The molecule has 25 heavy (non-hydrogen) atoms. The van der Waals surface area contributed by atoms with Crippen LogP contribution >= 0.6 is 0 Å². The molecular formula is C18H25N3O4. The monoisotopic (exact) mass is 347 g/mol. The minimum Gasteiger partial charge on any atom is -0.492 e. The van der Waals surface area contributed by atoms with Crippen LogP contribution in [0.5, 0.6) is 5.75 Å². The van der Waals surface area contributed by atoms with Crippen LogP contribution in [-0.2, 0) is 9.53 Å². The van der Waals surface area contributed by atoms with E-state index >= 15 is 0 Å². The van der Waals surface area contributed by atoms with E-state index in [1.54, 1.807) is 9.80 Å². The number of nitrogens with one attached hydrogen (secondary N) is 1. The van der Waals surface area contributed by atoms with Gasteiger partial charge in [-0.2, -0.15) is 0 Å². The van der Waals surface area contributed by atoms with Crippen molar-refractivity contribution in [2.75, 3.05) is 45.9 Å². The molecule has 3 amide bonds. The van der Waals surface area contributed by atoms with Crippen LogP contribution in [0.4, 0.5) is 4.79 Å². The van der Waals surface area contributed by atoms with Crippen molar-refractivity contribution < 1.29 is 19.1 Å². The van der Waals surface area contributed by atoms with E-state index in [9.17, 15) is 9.59 Å². The topological polar surface area (TPSA) is 71.1 Å². The molecular weight excluding hydrogens is 322 g/mol. The Hall–Kier alpha value is -2.28. The van der Waals surface area contributed by atoms with Gasteiger partial charge in [0.25, 0.3) is 0 Å². The predicted octanol–water partition coefficient (Wildman–Crippen LogP) is 1.10. The van der Waals surface area contributed by atoms with Gasteiger partial charge in [-0.25, -0.2) is 4.79 Å². The van der Waals surface area contributed by atoms with Gasteiger partial charge >= 0.3 is 6.03 Å². The Bertz CT molecular complexity index is 575. The summed E-state index contributed by atoms with van der Waals surface area (Å²) >= 11 is 0. The third kappa shape index (κ3) is 5.09. The second-order valence-electron chi connectivity index (χ2n) is 6.29. The van der Waals surface area contributed by atoms with Gasteiger partial charge < -0.3 is 24.6 Å². The maximum Gasteiger partial charge on any atom is 0.317 e. The molecule has 1 unspecified atom stereocenters. The van der Waals surface area contributed by atoms with Gasteiger partial charge in [0.15, 0.2) is 0 Å². The van der Waals surface area contributed by atoms with Crippen LogP contribution in [0.25, 0.3) is 0 Å². The third-order valence-electron chi connectivity index (χ3n) is 4.45. The highest BCUT2D eigenvalue weighted by molar-refractivity contribution is 5.85. The summed E-state index contributed by atoms with van der Waals surface area (Å²) in [5.74, 6) is 0.718. The number of urea groups is 1. The van der Waals surface area contributed by atoms with E-state index in [1.165, 1.54) is 0 Å². The van der Waals surface area contributed by atoms with Crippen molar-refractivity contribution in [3.8, 4) is 5.75 Å². The van der Waals surface area contributed by atoms with Crippen molar-refractivity contribution in [1.29, 1.82) is 0 Å². The fourth-order valence-corrected chi connectivity index (χ4v) is 3.07. The first-order valence-electron chi connectivity index (χ1n) is 8.82. The van der Waals surface area contributed by atoms with E-state index in [-0.39, 0.29) is 24.6 Å². The minimum absolute atomic E-state index is 0.0655. The molecule has 0 saturated carbocycles. The zero-order valence-electron chi connectivity index (χ0n) is 14.4. The molecule has 1 aromatic rings. The van der Waals surface area contributed by atoms with Crippen LogP contribution in [0.1, 0.15) is 12.8 Å². The Morgan fingerprint density at radius 3 is 2.88 bits per heavy atom. The molecule has 2 aliphatic heterocycles. The highest BCUT2D eigenvalue weighted by atomic mass is 16.5. The van der Waals surface area contributed by atoms with Gasteiger partial charge in [-0.3, -0.25) is 4.79 Å². The molecule has 0 spiro atoms. The average molecular weight is 347 g/mol. The summed E-state index contributed by atoms with van der Waals surface area (Å²) in [6.07, 6.45) is 2.07. The molecule has 136 valence electrons. The minimum atomic E-state index is -0.175. The summed E-state index contributed by atoms with van der Waals surface area (Å²) in [7, 11) is 0. The first-order chi connectivity index (χ1) is 12.2. The lowest BCUT2D eigenvalue weighted by Gasteiger charge is -2.27. The number of rotatable bonds is 8. The summed E-state index contributed by atoms with van der Waals surface area (Å²) in [6, 6.07) is 9.36. The Morgan fingerprint density at radius 2 is 2.20 bits per heavy atom. The van der Waals surface area contributed by atoms with Gasteiger partial charge in [0.1, 0.15) is 18.9 Å². The number of amides is 3. The first kappa shape index (κ1) is 17.5. The summed E-state index contributed by atoms with van der Waals surface area (Å²) < 4.78 is 11.4. The Kier molecular flexibility index (Phi) is 6.11. The number of para-hydroxylation sites is 1. The standard InChI is InChI=1S/C18H25N3O4/c22-17(14-21-9-8-19-18(21)23)20(13-16-7-4-11-24-16)10-12-25-15-5-2-1-3-6-15/h1-3,5-6,16H,4,7-14H2,(H,19,23). The molecule has 0 radical (unpaired) electrons. The number of carbonyl (C=O) groups excluding carboxylic acids is 2. The van der Waals surface area contributed by atoms with Crippen molar-refractivity contribution in [2.45, 2.75) is 18.9 Å². The van der Waals surface area contributed by atoms with Crippen molar-refractivity contribution >= 4 is 11.9 Å². The fraction of sp³-hybridized carbons (Fsp3) is 0.556. The summed E-state index contributed by atoms with van der Waals surface area (Å²) in [6.45, 7) is 3.45. The van der Waals surface area contributed by atoms with Gasteiger partial charge in [0.2, 0.25) is 5.91 Å². The number of ether oxygens (including phenoxy) is 2. The first-order valence-corrected chi connectivity index (χ1v) is 8.82. The maximum absolute atomic E-state index is 12.7. The van der Waals surface area contributed by atoms with Gasteiger partial charge in [-0.1, -0.05) is 18.2 Å². The third-order valence-corrected chi connectivity index (χ3v) is 4.45. The van der Waals surface area contributed by atoms with Crippen LogP contribution in [0.2, 0.25) is 0 Å². The van der Waals surface area contributed by atoms with Crippen molar-refractivity contribution in [3.63, 3.8) is 0 Å². The van der Waals surface area contributed by atoms with Crippen molar-refractivity contribution in [2.24, 2.45) is 0 Å². The van der Waals surface area contributed by atoms with E-state index in [0.717, 1.165) is 25.2 Å². The lowest BCUT2D eigenvalue weighted by molar-refractivity contribution is -0.133. The van der Waals surface area contributed by atoms with Crippen LogP contribution in [-0.4, -0.2) is 73.8 Å². The van der Waals surface area contributed by atoms with Crippen LogP contribution < -0.4 is 10.1 Å². The molecule has 3 rings (SSSR count).